The third kappa shape index (κ3) is 1.87. The zero-order valence-corrected chi connectivity index (χ0v) is 10.00. The Labute approximate surface area is 94.8 Å². The van der Waals surface area contributed by atoms with Crippen LogP contribution in [0.5, 0.6) is 0 Å². The van der Waals surface area contributed by atoms with Crippen molar-refractivity contribution < 1.29 is 14.7 Å². The summed E-state index contributed by atoms with van der Waals surface area (Å²) in [6, 6.07) is 0. The minimum Gasteiger partial charge on any atom is -0.478 e. The summed E-state index contributed by atoms with van der Waals surface area (Å²) in [4.78, 5) is 22.6. The van der Waals surface area contributed by atoms with Crippen LogP contribution in [-0.2, 0) is 9.59 Å². The molecular weight excluding hydrogens is 206 g/mol. The van der Waals surface area contributed by atoms with E-state index in [4.69, 9.17) is 10.8 Å². The molecule has 0 bridgehead atoms. The maximum absolute atomic E-state index is 11.6. The number of rotatable bonds is 2. The SMILES string of the molecule is CC(=O)C1C(C)=C(N)C(C(=O)O)=CC1(C)C. The molecule has 0 aromatic rings. The lowest BCUT2D eigenvalue weighted by atomic mass is 9.68. The zero-order chi connectivity index (χ0) is 12.7. The van der Waals surface area contributed by atoms with Gasteiger partial charge in [0.1, 0.15) is 5.78 Å². The van der Waals surface area contributed by atoms with Crippen LogP contribution in [0.15, 0.2) is 22.9 Å². The summed E-state index contributed by atoms with van der Waals surface area (Å²) in [6.45, 7) is 6.91. The molecular formula is C12H17NO3. The topological polar surface area (TPSA) is 80.4 Å². The molecule has 0 aromatic heterocycles. The Kier molecular flexibility index (Phi) is 2.95. The number of hydrogen-bond donors (Lipinski definition) is 2. The number of allylic oxidation sites excluding steroid dienone is 2. The van der Waals surface area contributed by atoms with Crippen LogP contribution in [-0.4, -0.2) is 16.9 Å². The first-order valence-electron chi connectivity index (χ1n) is 5.11. The van der Waals surface area contributed by atoms with Crippen LogP contribution in [0.4, 0.5) is 0 Å². The van der Waals surface area contributed by atoms with Gasteiger partial charge in [-0.05, 0) is 24.8 Å². The van der Waals surface area contributed by atoms with E-state index < -0.39 is 11.4 Å². The van der Waals surface area contributed by atoms with E-state index in [1.165, 1.54) is 6.92 Å². The van der Waals surface area contributed by atoms with Gasteiger partial charge in [-0.3, -0.25) is 4.79 Å². The highest BCUT2D eigenvalue weighted by Gasteiger charge is 2.39. The Hall–Kier alpha value is -1.58. The van der Waals surface area contributed by atoms with E-state index in [0.29, 0.717) is 5.57 Å². The Morgan fingerprint density at radius 1 is 1.44 bits per heavy atom. The second-order valence-corrected chi connectivity index (χ2v) is 4.82. The van der Waals surface area contributed by atoms with E-state index in [2.05, 4.69) is 0 Å². The lowest BCUT2D eigenvalue weighted by Gasteiger charge is -2.35. The van der Waals surface area contributed by atoms with Gasteiger partial charge >= 0.3 is 5.97 Å². The molecule has 0 spiro atoms. The summed E-state index contributed by atoms with van der Waals surface area (Å²) < 4.78 is 0. The molecule has 1 aliphatic rings. The first kappa shape index (κ1) is 12.5. The zero-order valence-electron chi connectivity index (χ0n) is 10.00. The molecule has 0 fully saturated rings. The molecule has 0 aliphatic heterocycles. The number of aliphatic carboxylic acids is 1. The highest BCUT2D eigenvalue weighted by atomic mass is 16.4. The summed E-state index contributed by atoms with van der Waals surface area (Å²) in [5.41, 5.74) is 6.21. The minimum absolute atomic E-state index is 0.00568. The first-order valence-corrected chi connectivity index (χ1v) is 5.11. The second-order valence-electron chi connectivity index (χ2n) is 4.82. The molecule has 1 rings (SSSR count). The number of carbonyl (C=O) groups is 2. The summed E-state index contributed by atoms with van der Waals surface area (Å²) in [5.74, 6) is -1.38. The summed E-state index contributed by atoms with van der Waals surface area (Å²) >= 11 is 0. The van der Waals surface area contributed by atoms with Gasteiger partial charge in [0.05, 0.1) is 5.57 Å². The molecule has 4 nitrogen and oxygen atoms in total. The number of carboxylic acid groups (broad SMARTS) is 1. The second kappa shape index (κ2) is 3.77. The number of Topliss-reactive ketones (excluding diaryl/α,β-unsaturated/α-hetero) is 1. The summed E-state index contributed by atoms with van der Waals surface area (Å²) in [6.07, 6.45) is 1.57. The van der Waals surface area contributed by atoms with Crippen molar-refractivity contribution in [1.29, 1.82) is 0 Å². The lowest BCUT2D eigenvalue weighted by molar-refractivity contribution is -0.132. The third-order valence-corrected chi connectivity index (χ3v) is 3.05. The summed E-state index contributed by atoms with van der Waals surface area (Å²) in [7, 11) is 0. The molecule has 0 radical (unpaired) electrons. The van der Waals surface area contributed by atoms with Crippen molar-refractivity contribution in [2.24, 2.45) is 17.1 Å². The Morgan fingerprint density at radius 2 is 1.94 bits per heavy atom. The van der Waals surface area contributed by atoms with Gasteiger partial charge in [0, 0.05) is 11.6 Å². The maximum atomic E-state index is 11.6. The largest absolute Gasteiger partial charge is 0.478 e. The molecule has 0 amide bonds. The number of carbonyl (C=O) groups excluding carboxylic acids is 1. The van der Waals surface area contributed by atoms with E-state index in [1.54, 1.807) is 13.0 Å². The molecule has 1 atom stereocenters. The van der Waals surface area contributed by atoms with Gasteiger partial charge in [-0.15, -0.1) is 0 Å². The predicted octanol–water partition coefficient (Wildman–Crippen LogP) is 1.48. The molecule has 0 saturated heterocycles. The first-order chi connectivity index (χ1) is 7.18. The standard InChI is InChI=1S/C12H17NO3/c1-6-9(7(2)14)12(3,4)5-8(10(6)13)11(15)16/h5,9H,13H2,1-4H3,(H,15,16). The lowest BCUT2D eigenvalue weighted by Crippen LogP contribution is -2.35. The highest BCUT2D eigenvalue weighted by Crippen LogP contribution is 2.41. The molecule has 16 heavy (non-hydrogen) atoms. The Morgan fingerprint density at radius 3 is 2.31 bits per heavy atom. The number of ketones is 1. The van der Waals surface area contributed by atoms with Crippen molar-refractivity contribution in [3.05, 3.63) is 22.9 Å². The Bertz CT molecular complexity index is 416. The molecule has 4 heteroatoms. The van der Waals surface area contributed by atoms with Gasteiger partial charge in [0.2, 0.25) is 0 Å². The van der Waals surface area contributed by atoms with Crippen LogP contribution < -0.4 is 5.73 Å². The maximum Gasteiger partial charge on any atom is 0.337 e. The van der Waals surface area contributed by atoms with Crippen LogP contribution in [0.25, 0.3) is 0 Å². The molecule has 0 heterocycles. The smallest absolute Gasteiger partial charge is 0.337 e. The van der Waals surface area contributed by atoms with Crippen LogP contribution in [0.2, 0.25) is 0 Å². The van der Waals surface area contributed by atoms with Crippen LogP contribution in [0, 0.1) is 11.3 Å². The van der Waals surface area contributed by atoms with Crippen molar-refractivity contribution in [3.63, 3.8) is 0 Å². The van der Waals surface area contributed by atoms with E-state index in [9.17, 15) is 9.59 Å². The van der Waals surface area contributed by atoms with Crippen molar-refractivity contribution in [1.82, 2.24) is 0 Å². The molecule has 88 valence electrons. The van der Waals surface area contributed by atoms with E-state index in [1.807, 2.05) is 13.8 Å². The average Bonchev–Trinajstić information content (AvgIpc) is 2.09. The minimum atomic E-state index is -1.05. The predicted molar refractivity (Wildman–Crippen MR) is 60.6 cm³/mol. The quantitative estimate of drug-likeness (QED) is 0.743. The molecule has 0 saturated carbocycles. The van der Waals surface area contributed by atoms with Crippen molar-refractivity contribution >= 4 is 11.8 Å². The molecule has 0 aromatic carbocycles. The van der Waals surface area contributed by atoms with E-state index >= 15 is 0 Å². The average molecular weight is 223 g/mol. The fourth-order valence-electron chi connectivity index (χ4n) is 2.46. The Balaban J connectivity index is 3.37. The van der Waals surface area contributed by atoms with Crippen molar-refractivity contribution in [2.75, 3.05) is 0 Å². The summed E-state index contributed by atoms with van der Waals surface area (Å²) in [5, 5.41) is 9.02. The van der Waals surface area contributed by atoms with Crippen molar-refractivity contribution in [3.8, 4) is 0 Å². The van der Waals surface area contributed by atoms with Gasteiger partial charge in [-0.2, -0.15) is 0 Å². The molecule has 1 unspecified atom stereocenters. The fraction of sp³-hybridized carbons (Fsp3) is 0.500. The number of carboxylic acids is 1. The van der Waals surface area contributed by atoms with E-state index in [0.717, 1.165) is 0 Å². The van der Waals surface area contributed by atoms with Gasteiger partial charge in [-0.1, -0.05) is 19.9 Å². The van der Waals surface area contributed by atoms with Crippen molar-refractivity contribution in [2.45, 2.75) is 27.7 Å². The molecule has 1 aliphatic carbocycles. The van der Waals surface area contributed by atoms with Crippen LogP contribution in [0.1, 0.15) is 27.7 Å². The molecule has 3 N–H and O–H groups in total. The van der Waals surface area contributed by atoms with E-state index in [-0.39, 0.29) is 23.0 Å². The van der Waals surface area contributed by atoms with Gasteiger partial charge in [-0.25, -0.2) is 4.79 Å². The fourth-order valence-corrected chi connectivity index (χ4v) is 2.46. The highest BCUT2D eigenvalue weighted by molar-refractivity contribution is 5.94. The van der Waals surface area contributed by atoms with Gasteiger partial charge in [0.25, 0.3) is 0 Å². The number of hydrogen-bond acceptors (Lipinski definition) is 3. The van der Waals surface area contributed by atoms with Gasteiger partial charge < -0.3 is 10.8 Å². The number of nitrogens with two attached hydrogens (primary N) is 1. The van der Waals surface area contributed by atoms with Gasteiger partial charge in [0.15, 0.2) is 0 Å². The van der Waals surface area contributed by atoms with Crippen LogP contribution in [0.3, 0.4) is 0 Å². The monoisotopic (exact) mass is 223 g/mol. The van der Waals surface area contributed by atoms with Crippen LogP contribution >= 0.6 is 0 Å². The third-order valence-electron chi connectivity index (χ3n) is 3.05. The normalized spacial score (nSPS) is 24.0.